The average molecular weight is 209 g/mol. The lowest BCUT2D eigenvalue weighted by atomic mass is 10.2. The molecular weight excluding hydrogens is 190 g/mol. The lowest BCUT2D eigenvalue weighted by Gasteiger charge is -2.14. The number of aromatic nitrogens is 1. The summed E-state index contributed by atoms with van der Waals surface area (Å²) in [6.45, 7) is 4.83. The Morgan fingerprint density at radius 3 is 2.93 bits per heavy atom. The van der Waals surface area contributed by atoms with Crippen molar-refractivity contribution >= 4 is 11.5 Å². The number of nitrogens with two attached hydrogens (primary N) is 1. The molecule has 4 nitrogen and oxygen atoms in total. The van der Waals surface area contributed by atoms with Gasteiger partial charge < -0.3 is 15.8 Å². The fraction of sp³-hybridized carbons (Fsp3) is 0.545. The Labute approximate surface area is 90.8 Å². The first-order valence-electron chi connectivity index (χ1n) is 5.11. The van der Waals surface area contributed by atoms with Gasteiger partial charge in [-0.15, -0.1) is 0 Å². The number of hydrogen-bond donors (Lipinski definition) is 2. The van der Waals surface area contributed by atoms with Gasteiger partial charge in [0.1, 0.15) is 5.82 Å². The van der Waals surface area contributed by atoms with Crippen molar-refractivity contribution in [3.05, 3.63) is 17.8 Å². The molecule has 1 unspecified atom stereocenters. The van der Waals surface area contributed by atoms with E-state index in [9.17, 15) is 0 Å². The summed E-state index contributed by atoms with van der Waals surface area (Å²) in [4.78, 5) is 4.21. The second-order valence-corrected chi connectivity index (χ2v) is 3.75. The molecule has 1 aromatic rings. The zero-order valence-electron chi connectivity index (χ0n) is 9.58. The molecule has 0 saturated carbocycles. The van der Waals surface area contributed by atoms with Crippen molar-refractivity contribution in [2.75, 3.05) is 24.8 Å². The number of ether oxygens (including phenoxy) is 1. The zero-order valence-corrected chi connectivity index (χ0v) is 9.58. The van der Waals surface area contributed by atoms with Gasteiger partial charge in [0.25, 0.3) is 0 Å². The molecule has 1 rings (SSSR count). The van der Waals surface area contributed by atoms with Crippen LogP contribution in [0.1, 0.15) is 18.9 Å². The molecule has 0 aliphatic carbocycles. The van der Waals surface area contributed by atoms with Gasteiger partial charge in [-0.05, 0) is 31.9 Å². The highest BCUT2D eigenvalue weighted by molar-refractivity contribution is 5.51. The van der Waals surface area contributed by atoms with Crippen LogP contribution in [-0.4, -0.2) is 24.7 Å². The van der Waals surface area contributed by atoms with Gasteiger partial charge in [-0.1, -0.05) is 0 Å². The molecule has 0 bridgehead atoms. The predicted octanol–water partition coefficient (Wildman–Crippen LogP) is 1.81. The molecule has 15 heavy (non-hydrogen) atoms. The van der Waals surface area contributed by atoms with E-state index < -0.39 is 0 Å². The Bertz CT molecular complexity index is 315. The molecule has 1 atom stereocenters. The number of nitrogens with zero attached hydrogens (tertiary/aromatic N) is 1. The molecule has 0 radical (unpaired) electrons. The van der Waals surface area contributed by atoms with Crippen molar-refractivity contribution in [3.63, 3.8) is 0 Å². The maximum Gasteiger partial charge on any atom is 0.126 e. The summed E-state index contributed by atoms with van der Waals surface area (Å²) in [7, 11) is 1.71. The number of methoxy groups -OCH3 is 1. The van der Waals surface area contributed by atoms with Gasteiger partial charge in [0.2, 0.25) is 0 Å². The van der Waals surface area contributed by atoms with Crippen molar-refractivity contribution in [2.45, 2.75) is 26.3 Å². The van der Waals surface area contributed by atoms with Crippen LogP contribution >= 0.6 is 0 Å². The van der Waals surface area contributed by atoms with Crippen LogP contribution in [-0.2, 0) is 4.74 Å². The Balaban J connectivity index is 2.53. The van der Waals surface area contributed by atoms with E-state index in [2.05, 4.69) is 17.2 Å². The van der Waals surface area contributed by atoms with Crippen LogP contribution in [0.3, 0.4) is 0 Å². The van der Waals surface area contributed by atoms with E-state index in [-0.39, 0.29) is 0 Å². The molecule has 0 fully saturated rings. The Morgan fingerprint density at radius 2 is 2.33 bits per heavy atom. The van der Waals surface area contributed by atoms with Crippen molar-refractivity contribution in [3.8, 4) is 0 Å². The highest BCUT2D eigenvalue weighted by Gasteiger charge is 2.03. The second-order valence-electron chi connectivity index (χ2n) is 3.75. The number of hydrogen-bond acceptors (Lipinski definition) is 4. The first-order chi connectivity index (χ1) is 7.13. The first-order valence-corrected chi connectivity index (χ1v) is 5.11. The normalized spacial score (nSPS) is 12.5. The van der Waals surface area contributed by atoms with Crippen molar-refractivity contribution in [1.29, 1.82) is 0 Å². The number of rotatable bonds is 5. The minimum absolute atomic E-state index is 0.348. The third-order valence-electron chi connectivity index (χ3n) is 2.30. The van der Waals surface area contributed by atoms with E-state index in [0.717, 1.165) is 30.1 Å². The minimum Gasteiger partial charge on any atom is -0.397 e. The number of nitrogen functional groups attached to an aromatic ring is 1. The number of pyridine rings is 1. The quantitative estimate of drug-likeness (QED) is 0.776. The molecule has 3 N–H and O–H groups in total. The largest absolute Gasteiger partial charge is 0.397 e. The molecule has 0 aliphatic heterocycles. The summed E-state index contributed by atoms with van der Waals surface area (Å²) in [5, 5.41) is 3.30. The maximum atomic E-state index is 5.69. The highest BCUT2D eigenvalue weighted by Crippen LogP contribution is 2.14. The molecule has 1 heterocycles. The standard InChI is InChI=1S/C11H19N3O/c1-8-6-11(13-7-10(8)12)14-9(2)4-5-15-3/h6-7,9H,4-5,12H2,1-3H3,(H,13,14). The minimum atomic E-state index is 0.348. The second kappa shape index (κ2) is 5.56. The van der Waals surface area contributed by atoms with Crippen LogP contribution in [0.15, 0.2) is 12.3 Å². The summed E-state index contributed by atoms with van der Waals surface area (Å²) in [6.07, 6.45) is 2.64. The summed E-state index contributed by atoms with van der Waals surface area (Å²) < 4.78 is 5.01. The SMILES string of the molecule is COCCC(C)Nc1cc(C)c(N)cn1. The molecule has 4 heteroatoms. The lowest BCUT2D eigenvalue weighted by molar-refractivity contribution is 0.191. The van der Waals surface area contributed by atoms with Gasteiger partial charge in [0.15, 0.2) is 0 Å². The van der Waals surface area contributed by atoms with Gasteiger partial charge in [-0.2, -0.15) is 0 Å². The van der Waals surface area contributed by atoms with Crippen LogP contribution in [0.25, 0.3) is 0 Å². The van der Waals surface area contributed by atoms with E-state index in [1.807, 2.05) is 13.0 Å². The molecular formula is C11H19N3O. The molecule has 0 spiro atoms. The summed E-state index contributed by atoms with van der Waals surface area (Å²) in [6, 6.07) is 2.30. The van der Waals surface area contributed by atoms with E-state index in [1.165, 1.54) is 0 Å². The van der Waals surface area contributed by atoms with Crippen molar-refractivity contribution in [2.24, 2.45) is 0 Å². The van der Waals surface area contributed by atoms with Crippen LogP contribution < -0.4 is 11.1 Å². The lowest BCUT2D eigenvalue weighted by Crippen LogP contribution is -2.18. The predicted molar refractivity (Wildman–Crippen MR) is 63.0 cm³/mol. The third kappa shape index (κ3) is 3.75. The topological polar surface area (TPSA) is 60.2 Å². The van der Waals surface area contributed by atoms with Crippen LogP contribution in [0, 0.1) is 6.92 Å². The van der Waals surface area contributed by atoms with Crippen LogP contribution in [0.5, 0.6) is 0 Å². The number of aryl methyl sites for hydroxylation is 1. The summed E-state index contributed by atoms with van der Waals surface area (Å²) in [5.74, 6) is 0.866. The highest BCUT2D eigenvalue weighted by atomic mass is 16.5. The fourth-order valence-corrected chi connectivity index (χ4v) is 1.26. The van der Waals surface area contributed by atoms with Gasteiger partial charge in [-0.25, -0.2) is 4.98 Å². The third-order valence-corrected chi connectivity index (χ3v) is 2.30. The summed E-state index contributed by atoms with van der Waals surface area (Å²) in [5.41, 5.74) is 7.46. The van der Waals surface area contributed by atoms with E-state index in [4.69, 9.17) is 10.5 Å². The molecule has 0 aliphatic rings. The van der Waals surface area contributed by atoms with E-state index >= 15 is 0 Å². The molecule has 84 valence electrons. The van der Waals surface area contributed by atoms with Gasteiger partial charge in [0, 0.05) is 19.8 Å². The monoisotopic (exact) mass is 209 g/mol. The van der Waals surface area contributed by atoms with Gasteiger partial charge in [0.05, 0.1) is 11.9 Å². The fourth-order valence-electron chi connectivity index (χ4n) is 1.26. The van der Waals surface area contributed by atoms with E-state index in [0.29, 0.717) is 6.04 Å². The first kappa shape index (κ1) is 11.8. The maximum absolute atomic E-state index is 5.69. The van der Waals surface area contributed by atoms with Gasteiger partial charge >= 0.3 is 0 Å². The summed E-state index contributed by atoms with van der Waals surface area (Å²) >= 11 is 0. The molecule has 0 saturated heterocycles. The van der Waals surface area contributed by atoms with Crippen LogP contribution in [0.4, 0.5) is 11.5 Å². The smallest absolute Gasteiger partial charge is 0.126 e. The van der Waals surface area contributed by atoms with Crippen molar-refractivity contribution < 1.29 is 4.74 Å². The Morgan fingerprint density at radius 1 is 1.60 bits per heavy atom. The van der Waals surface area contributed by atoms with E-state index in [1.54, 1.807) is 13.3 Å². The number of nitrogens with one attached hydrogen (secondary N) is 1. The number of anilines is 2. The molecule has 0 aromatic carbocycles. The zero-order chi connectivity index (χ0) is 11.3. The Kier molecular flexibility index (Phi) is 4.37. The van der Waals surface area contributed by atoms with Gasteiger partial charge in [-0.3, -0.25) is 0 Å². The molecule has 1 aromatic heterocycles. The Hall–Kier alpha value is -1.29. The van der Waals surface area contributed by atoms with Crippen LogP contribution in [0.2, 0.25) is 0 Å². The van der Waals surface area contributed by atoms with Crippen molar-refractivity contribution in [1.82, 2.24) is 4.98 Å². The molecule has 0 amide bonds. The average Bonchev–Trinajstić information content (AvgIpc) is 2.20.